The second kappa shape index (κ2) is 7.68. The van der Waals surface area contributed by atoms with E-state index in [9.17, 15) is 0 Å². The lowest BCUT2D eigenvalue weighted by Crippen LogP contribution is -2.53. The molecule has 4 unspecified atom stereocenters. The van der Waals surface area contributed by atoms with Crippen LogP contribution in [-0.2, 0) is 0 Å². The smallest absolute Gasteiger partial charge is 0.0518 e. The van der Waals surface area contributed by atoms with Crippen molar-refractivity contribution in [3.8, 4) is 0 Å². The molecule has 3 aliphatic heterocycles. The average Bonchev–Trinajstić information content (AvgIpc) is 2.48. The fourth-order valence-corrected chi connectivity index (χ4v) is 3.46. The van der Waals surface area contributed by atoms with Gasteiger partial charge in [-0.15, -0.1) is 0 Å². The first-order chi connectivity index (χ1) is 9.90. The van der Waals surface area contributed by atoms with Gasteiger partial charge < -0.3 is 10.6 Å². The maximum Gasteiger partial charge on any atom is 0.0518 e. The van der Waals surface area contributed by atoms with E-state index in [0.29, 0.717) is 0 Å². The highest BCUT2D eigenvalue weighted by Crippen LogP contribution is 2.06. The number of nitrogens with one attached hydrogen (secondary N) is 2. The van der Waals surface area contributed by atoms with Gasteiger partial charge in [-0.05, 0) is 12.8 Å². The summed E-state index contributed by atoms with van der Waals surface area (Å²) in [4.78, 5) is 10.2. The molecule has 4 bridgehead atoms. The monoisotopic (exact) mass is 282 g/mol. The third kappa shape index (κ3) is 4.38. The number of hydrogen-bond donors (Lipinski definition) is 2. The topological polar surface area (TPSA) is 37.0 Å². The number of hydrogen-bond acceptors (Lipinski definition) is 6. The molecule has 116 valence electrons. The van der Waals surface area contributed by atoms with Crippen LogP contribution >= 0.6 is 0 Å². The minimum atomic E-state index is 1.04. The lowest BCUT2D eigenvalue weighted by molar-refractivity contribution is 0.0583. The molecule has 3 fully saturated rings. The van der Waals surface area contributed by atoms with Crippen molar-refractivity contribution >= 4 is 0 Å². The first kappa shape index (κ1) is 14.7. The molecule has 0 aromatic rings. The summed E-state index contributed by atoms with van der Waals surface area (Å²) in [5, 5.41) is 7.24. The lowest BCUT2D eigenvalue weighted by atomic mass is 10.3. The molecule has 0 aromatic heterocycles. The lowest BCUT2D eigenvalue weighted by Gasteiger charge is -2.38. The third-order valence-corrected chi connectivity index (χ3v) is 4.58. The van der Waals surface area contributed by atoms with Crippen LogP contribution < -0.4 is 10.6 Å². The fraction of sp³-hybridized carbons (Fsp3) is 1.00. The van der Waals surface area contributed by atoms with Gasteiger partial charge in [-0.1, -0.05) is 0 Å². The predicted octanol–water partition coefficient (Wildman–Crippen LogP) is -0.975. The van der Waals surface area contributed by atoms with Crippen molar-refractivity contribution in [1.29, 1.82) is 0 Å². The van der Waals surface area contributed by atoms with Crippen LogP contribution in [0, 0.1) is 0 Å². The molecule has 0 amide bonds. The number of nitrogens with zero attached hydrogens (tertiary/aromatic N) is 4. The molecule has 2 N–H and O–H groups in total. The molecule has 0 radical (unpaired) electrons. The van der Waals surface area contributed by atoms with E-state index in [2.05, 4.69) is 30.2 Å². The molecule has 0 saturated carbocycles. The summed E-state index contributed by atoms with van der Waals surface area (Å²) in [5.41, 5.74) is 0. The molecular formula is C14H30N6. The molecule has 3 rings (SSSR count). The van der Waals surface area contributed by atoms with Crippen LogP contribution in [0.5, 0.6) is 0 Å². The van der Waals surface area contributed by atoms with E-state index in [0.717, 1.165) is 39.8 Å². The minimum Gasteiger partial charge on any atom is -0.303 e. The second-order valence-corrected chi connectivity index (χ2v) is 6.33. The van der Waals surface area contributed by atoms with Gasteiger partial charge in [0.1, 0.15) is 0 Å². The van der Waals surface area contributed by atoms with E-state index in [1.165, 1.54) is 52.1 Å². The maximum atomic E-state index is 3.62. The Bertz CT molecular complexity index is 235. The molecule has 4 atom stereocenters. The Kier molecular flexibility index (Phi) is 5.64. The van der Waals surface area contributed by atoms with Gasteiger partial charge in [0.15, 0.2) is 0 Å². The van der Waals surface area contributed by atoms with Crippen molar-refractivity contribution in [3.05, 3.63) is 0 Å². The molecule has 3 saturated heterocycles. The highest BCUT2D eigenvalue weighted by Gasteiger charge is 2.19. The molecule has 20 heavy (non-hydrogen) atoms. The van der Waals surface area contributed by atoms with Gasteiger partial charge in [0.25, 0.3) is 0 Å². The largest absolute Gasteiger partial charge is 0.303 e. The molecule has 0 aromatic carbocycles. The van der Waals surface area contributed by atoms with Crippen LogP contribution in [0.4, 0.5) is 0 Å². The van der Waals surface area contributed by atoms with E-state index in [1.807, 2.05) is 0 Å². The molecule has 0 spiro atoms. The van der Waals surface area contributed by atoms with Gasteiger partial charge in [-0.2, -0.15) is 0 Å². The van der Waals surface area contributed by atoms with Crippen molar-refractivity contribution < 1.29 is 0 Å². The second-order valence-electron chi connectivity index (χ2n) is 6.33. The van der Waals surface area contributed by atoms with Gasteiger partial charge in [-0.25, -0.2) is 0 Å². The average molecular weight is 282 g/mol. The van der Waals surface area contributed by atoms with Crippen molar-refractivity contribution in [2.24, 2.45) is 0 Å². The third-order valence-electron chi connectivity index (χ3n) is 4.58. The van der Waals surface area contributed by atoms with Gasteiger partial charge in [-0.3, -0.25) is 19.6 Å². The Hall–Kier alpha value is -0.240. The Morgan fingerprint density at radius 3 is 1.45 bits per heavy atom. The minimum absolute atomic E-state index is 1.04. The zero-order valence-corrected chi connectivity index (χ0v) is 12.7. The van der Waals surface area contributed by atoms with E-state index >= 15 is 0 Å². The summed E-state index contributed by atoms with van der Waals surface area (Å²) in [6.07, 6.45) is 2.61. The van der Waals surface area contributed by atoms with Gasteiger partial charge in [0.2, 0.25) is 0 Å². The van der Waals surface area contributed by atoms with E-state index < -0.39 is 0 Å². The maximum absolute atomic E-state index is 3.62. The summed E-state index contributed by atoms with van der Waals surface area (Å²) >= 11 is 0. The highest BCUT2D eigenvalue weighted by atomic mass is 15.4. The highest BCUT2D eigenvalue weighted by molar-refractivity contribution is 4.72. The zero-order valence-electron chi connectivity index (χ0n) is 12.7. The van der Waals surface area contributed by atoms with Crippen LogP contribution in [-0.4, -0.2) is 98.6 Å². The van der Waals surface area contributed by atoms with Crippen LogP contribution in [0.1, 0.15) is 12.8 Å². The Labute approximate surface area is 123 Å². The van der Waals surface area contributed by atoms with Crippen LogP contribution in [0.2, 0.25) is 0 Å². The molecule has 6 nitrogen and oxygen atoms in total. The van der Waals surface area contributed by atoms with Gasteiger partial charge in [0, 0.05) is 65.7 Å². The van der Waals surface area contributed by atoms with Crippen LogP contribution in [0.3, 0.4) is 0 Å². The zero-order chi connectivity index (χ0) is 13.6. The van der Waals surface area contributed by atoms with Crippen molar-refractivity contribution in [2.75, 3.05) is 79.0 Å². The first-order valence-electron chi connectivity index (χ1n) is 8.21. The first-order valence-corrected chi connectivity index (χ1v) is 8.21. The van der Waals surface area contributed by atoms with Crippen molar-refractivity contribution in [3.63, 3.8) is 0 Å². The summed E-state index contributed by atoms with van der Waals surface area (Å²) in [6, 6.07) is 0. The van der Waals surface area contributed by atoms with E-state index in [1.54, 1.807) is 0 Å². The van der Waals surface area contributed by atoms with Crippen molar-refractivity contribution in [1.82, 2.24) is 30.2 Å². The summed E-state index contributed by atoms with van der Waals surface area (Å²) in [6.45, 7) is 13.9. The Morgan fingerprint density at radius 2 is 0.950 bits per heavy atom. The molecule has 3 aliphatic rings. The summed E-state index contributed by atoms with van der Waals surface area (Å²) < 4.78 is 0. The van der Waals surface area contributed by atoms with E-state index in [4.69, 9.17) is 0 Å². The summed E-state index contributed by atoms with van der Waals surface area (Å²) in [7, 11) is 0. The molecular weight excluding hydrogens is 252 g/mol. The summed E-state index contributed by atoms with van der Waals surface area (Å²) in [5.74, 6) is 0. The van der Waals surface area contributed by atoms with Gasteiger partial charge >= 0.3 is 0 Å². The molecule has 3 heterocycles. The SMILES string of the molecule is C1CN2CCNCN3CCCN(CCNCN(C1)C2)C3. The van der Waals surface area contributed by atoms with Crippen molar-refractivity contribution in [2.45, 2.75) is 12.8 Å². The van der Waals surface area contributed by atoms with Crippen LogP contribution in [0.15, 0.2) is 0 Å². The normalized spacial score (nSPS) is 40.8. The fourth-order valence-electron chi connectivity index (χ4n) is 3.46. The van der Waals surface area contributed by atoms with Crippen LogP contribution in [0.25, 0.3) is 0 Å². The number of fused-ring (bicyclic) bond motifs is 4. The number of rotatable bonds is 0. The predicted molar refractivity (Wildman–Crippen MR) is 81.3 cm³/mol. The Balaban J connectivity index is 1.52. The quantitative estimate of drug-likeness (QED) is 0.595. The Morgan fingerprint density at radius 1 is 0.500 bits per heavy atom. The van der Waals surface area contributed by atoms with Gasteiger partial charge in [0.05, 0.1) is 13.3 Å². The molecule has 6 heteroatoms. The molecule has 0 aliphatic carbocycles. The standard InChI is InChI=1S/C14H30N6/c1-5-17-9-3-16-12-20-8-2-6-18(14-20)10-4-15-11-19(7-1)13-17/h15-16H,1-14H2. The van der Waals surface area contributed by atoms with E-state index in [-0.39, 0.29) is 0 Å².